The molecule has 11 aromatic carbocycles. The summed E-state index contributed by atoms with van der Waals surface area (Å²) >= 11 is 0. The van der Waals surface area contributed by atoms with Crippen molar-refractivity contribution in [2.24, 2.45) is 0 Å². The molecule has 2 nitrogen and oxygen atoms in total. The molecule has 0 spiro atoms. The summed E-state index contributed by atoms with van der Waals surface area (Å²) in [7, 11) is 0. The lowest BCUT2D eigenvalue weighted by Gasteiger charge is -2.44. The average Bonchev–Trinajstić information content (AvgIpc) is 3.53. The van der Waals surface area contributed by atoms with Gasteiger partial charge in [-0.15, -0.1) is 0 Å². The third-order valence-corrected chi connectivity index (χ3v) is 16.4. The van der Waals surface area contributed by atoms with Gasteiger partial charge in [-0.1, -0.05) is 226 Å². The minimum atomic E-state index is -0.0597. The first kappa shape index (κ1) is 48.3. The van der Waals surface area contributed by atoms with Crippen LogP contribution in [0.25, 0.3) is 66.1 Å². The van der Waals surface area contributed by atoms with Crippen LogP contribution < -0.4 is 26.2 Å². The topological polar surface area (TPSA) is 6.48 Å². The van der Waals surface area contributed by atoms with Crippen LogP contribution in [-0.2, 0) is 16.2 Å². The van der Waals surface area contributed by atoms with Gasteiger partial charge in [0, 0.05) is 34.1 Å². The van der Waals surface area contributed by atoms with Crippen LogP contribution in [0, 0.1) is 0 Å². The van der Waals surface area contributed by atoms with Crippen molar-refractivity contribution in [3.8, 4) is 44.5 Å². The number of benzene rings is 11. The molecule has 374 valence electrons. The smallest absolute Gasteiger partial charge is 0.252 e. The van der Waals surface area contributed by atoms with E-state index in [0.29, 0.717) is 0 Å². The van der Waals surface area contributed by atoms with Gasteiger partial charge in [0.25, 0.3) is 6.71 Å². The van der Waals surface area contributed by atoms with Crippen LogP contribution in [-0.4, -0.2) is 6.71 Å². The highest BCUT2D eigenvalue weighted by Crippen LogP contribution is 2.50. The Morgan fingerprint density at radius 1 is 0.273 bits per heavy atom. The van der Waals surface area contributed by atoms with E-state index < -0.39 is 0 Å². The molecule has 0 saturated carbocycles. The second-order valence-corrected chi connectivity index (χ2v) is 24.6. The molecule has 77 heavy (non-hydrogen) atoms. The van der Waals surface area contributed by atoms with Crippen molar-refractivity contribution < 1.29 is 0 Å². The average molecular weight is 993 g/mol. The SMILES string of the molecule is CC(C)(C)c1cc(-c2cc(-c3cc4c5c(c3)N(c3ccccc3)c3ccc(C(C)(C)C)cc3B5c3ccccc3N4c3ccccc3)cc(-c3c4ccccc4c(-c4ccccc4)c4ccccc34)c2)cc(C(C)(C)C)c1. The minimum absolute atomic E-state index is 0.00110. The Morgan fingerprint density at radius 3 is 1.16 bits per heavy atom. The normalized spacial score (nSPS) is 13.2. The van der Waals surface area contributed by atoms with Crippen LogP contribution in [0.3, 0.4) is 0 Å². The number of anilines is 6. The molecule has 0 saturated heterocycles. The molecule has 0 unspecified atom stereocenters. The van der Waals surface area contributed by atoms with Crippen LogP contribution in [0.5, 0.6) is 0 Å². The van der Waals surface area contributed by atoms with Gasteiger partial charge in [-0.2, -0.15) is 0 Å². The first-order valence-corrected chi connectivity index (χ1v) is 27.5. The molecule has 0 N–H and O–H groups in total. The zero-order valence-electron chi connectivity index (χ0n) is 45.9. The van der Waals surface area contributed by atoms with Crippen molar-refractivity contribution >= 4 is 78.8 Å². The van der Waals surface area contributed by atoms with E-state index in [4.69, 9.17) is 0 Å². The molecular formula is C74H65BN2. The van der Waals surface area contributed by atoms with Gasteiger partial charge in [0.05, 0.1) is 0 Å². The molecule has 3 heteroatoms. The Balaban J connectivity index is 1.16. The lowest BCUT2D eigenvalue weighted by Crippen LogP contribution is -2.61. The van der Waals surface area contributed by atoms with Gasteiger partial charge >= 0.3 is 0 Å². The van der Waals surface area contributed by atoms with E-state index >= 15 is 0 Å². The van der Waals surface area contributed by atoms with E-state index in [9.17, 15) is 0 Å². The quantitative estimate of drug-likeness (QED) is 0.121. The van der Waals surface area contributed by atoms with Crippen molar-refractivity contribution in [3.05, 3.63) is 247 Å². The van der Waals surface area contributed by atoms with E-state index in [1.807, 2.05) is 0 Å². The minimum Gasteiger partial charge on any atom is -0.311 e. The highest BCUT2D eigenvalue weighted by atomic mass is 15.2. The summed E-state index contributed by atoms with van der Waals surface area (Å²) in [5.74, 6) is 0. The number of rotatable bonds is 6. The highest BCUT2D eigenvalue weighted by molar-refractivity contribution is 7.00. The predicted octanol–water partition coefficient (Wildman–Crippen LogP) is 18.6. The summed E-state index contributed by atoms with van der Waals surface area (Å²) in [6.07, 6.45) is 0. The standard InChI is InChI=1S/C74H65BN2/c1-72(2,3)54-37-38-66-64(47-54)75-63-35-23-24-36-65(63)76(57-27-15-11-16-28-57)67-44-52(45-68(71(67)75)77(66)58-29-17-12-18-30-58)50-39-49(51-42-55(73(4,5)6)46-56(43-51)74(7,8)9)40-53(41-50)70-61-33-21-19-31-59(61)69(48-25-13-10-14-26-48)60-32-20-22-34-62(60)70/h10-47H,1-9H3. The van der Waals surface area contributed by atoms with Gasteiger partial charge in [0.15, 0.2) is 0 Å². The van der Waals surface area contributed by atoms with E-state index in [1.165, 1.54) is 116 Å². The maximum atomic E-state index is 2.55. The molecule has 0 fully saturated rings. The molecule has 0 aromatic heterocycles. The molecule has 0 atom stereocenters. The van der Waals surface area contributed by atoms with Gasteiger partial charge < -0.3 is 9.80 Å². The van der Waals surface area contributed by atoms with Crippen LogP contribution in [0.1, 0.15) is 79.0 Å². The zero-order chi connectivity index (χ0) is 53.0. The molecule has 11 aromatic rings. The van der Waals surface area contributed by atoms with Crippen LogP contribution >= 0.6 is 0 Å². The number of hydrogen-bond donors (Lipinski definition) is 0. The molecule has 13 rings (SSSR count). The van der Waals surface area contributed by atoms with E-state index in [2.05, 4.69) is 303 Å². The number of nitrogens with zero attached hydrogens (tertiary/aromatic N) is 2. The van der Waals surface area contributed by atoms with Gasteiger partial charge in [-0.3, -0.25) is 0 Å². The van der Waals surface area contributed by atoms with Crippen molar-refractivity contribution in [1.82, 2.24) is 0 Å². The molecule has 2 aliphatic heterocycles. The van der Waals surface area contributed by atoms with Gasteiger partial charge in [0.1, 0.15) is 0 Å². The van der Waals surface area contributed by atoms with Gasteiger partial charge in [-0.25, -0.2) is 0 Å². The van der Waals surface area contributed by atoms with Crippen LogP contribution in [0.2, 0.25) is 0 Å². The number of hydrogen-bond acceptors (Lipinski definition) is 2. The molecule has 0 bridgehead atoms. The summed E-state index contributed by atoms with van der Waals surface area (Å²) in [4.78, 5) is 5.08. The fourth-order valence-electron chi connectivity index (χ4n) is 12.4. The summed E-state index contributed by atoms with van der Waals surface area (Å²) in [6, 6.07) is 87.4. The summed E-state index contributed by atoms with van der Waals surface area (Å²) in [5, 5.41) is 4.97. The third kappa shape index (κ3) is 8.27. The summed E-state index contributed by atoms with van der Waals surface area (Å²) in [5.41, 5.74) is 24.6. The largest absolute Gasteiger partial charge is 0.311 e. The van der Waals surface area contributed by atoms with Crippen molar-refractivity contribution in [1.29, 1.82) is 0 Å². The molecule has 0 aliphatic carbocycles. The lowest BCUT2D eigenvalue weighted by molar-refractivity contribution is 0.569. The number of para-hydroxylation sites is 3. The highest BCUT2D eigenvalue weighted by Gasteiger charge is 2.44. The molecule has 0 radical (unpaired) electrons. The lowest BCUT2D eigenvalue weighted by atomic mass is 9.33. The predicted molar refractivity (Wildman–Crippen MR) is 333 cm³/mol. The second kappa shape index (κ2) is 18.1. The Labute approximate surface area is 456 Å². The van der Waals surface area contributed by atoms with E-state index in [1.54, 1.807) is 0 Å². The van der Waals surface area contributed by atoms with Crippen molar-refractivity contribution in [2.75, 3.05) is 9.80 Å². The zero-order valence-corrected chi connectivity index (χ0v) is 45.9. The summed E-state index contributed by atoms with van der Waals surface area (Å²) in [6.45, 7) is 21.1. The maximum Gasteiger partial charge on any atom is 0.252 e. The van der Waals surface area contributed by atoms with Crippen molar-refractivity contribution in [2.45, 2.75) is 78.6 Å². The first-order chi connectivity index (χ1) is 37.1. The van der Waals surface area contributed by atoms with Gasteiger partial charge in [-0.05, 0) is 182 Å². The Kier molecular flexibility index (Phi) is 11.4. The molecule has 2 aliphatic rings. The molecular weight excluding hydrogens is 928 g/mol. The fraction of sp³-hybridized carbons (Fsp3) is 0.162. The Bertz CT molecular complexity index is 3990. The van der Waals surface area contributed by atoms with Gasteiger partial charge in [0.2, 0.25) is 0 Å². The first-order valence-electron chi connectivity index (χ1n) is 27.5. The monoisotopic (exact) mass is 993 g/mol. The Hall–Kier alpha value is -8.40. The van der Waals surface area contributed by atoms with E-state index in [0.717, 1.165) is 16.9 Å². The van der Waals surface area contributed by atoms with Crippen molar-refractivity contribution in [3.63, 3.8) is 0 Å². The Morgan fingerprint density at radius 2 is 0.662 bits per heavy atom. The van der Waals surface area contributed by atoms with Crippen LogP contribution in [0.15, 0.2) is 231 Å². The molecule has 2 heterocycles. The van der Waals surface area contributed by atoms with Crippen LogP contribution in [0.4, 0.5) is 34.1 Å². The summed E-state index contributed by atoms with van der Waals surface area (Å²) < 4.78 is 0. The maximum absolute atomic E-state index is 2.55. The number of fused-ring (bicyclic) bond motifs is 6. The second-order valence-electron chi connectivity index (χ2n) is 24.6. The fourth-order valence-corrected chi connectivity index (χ4v) is 12.4. The molecule has 0 amide bonds. The third-order valence-electron chi connectivity index (χ3n) is 16.4. The van der Waals surface area contributed by atoms with E-state index in [-0.39, 0.29) is 23.0 Å².